The van der Waals surface area contributed by atoms with Gasteiger partial charge in [-0.15, -0.1) is 10.2 Å². The molecule has 0 saturated carbocycles. The van der Waals surface area contributed by atoms with Gasteiger partial charge in [0.2, 0.25) is 11.8 Å². The van der Waals surface area contributed by atoms with Crippen LogP contribution in [0.25, 0.3) is 22.4 Å². The summed E-state index contributed by atoms with van der Waals surface area (Å²) in [5, 5.41) is 9.98. The van der Waals surface area contributed by atoms with Crippen molar-refractivity contribution in [2.24, 2.45) is 5.92 Å². The average Bonchev–Trinajstić information content (AvgIpc) is 3.31. The zero-order valence-corrected chi connectivity index (χ0v) is 20.3. The molecule has 2 aromatic carbocycles. The molecule has 5 nitrogen and oxygen atoms in total. The van der Waals surface area contributed by atoms with Gasteiger partial charge in [0.1, 0.15) is 0 Å². The van der Waals surface area contributed by atoms with Gasteiger partial charge < -0.3 is 4.42 Å². The van der Waals surface area contributed by atoms with E-state index >= 15 is 0 Å². The minimum absolute atomic E-state index is 0.390. The number of fused-ring (bicyclic) bond motifs is 1. The molecule has 0 spiro atoms. The second-order valence-electron chi connectivity index (χ2n) is 9.78. The molecule has 34 heavy (non-hydrogen) atoms. The molecule has 1 atom stereocenters. The van der Waals surface area contributed by atoms with Crippen LogP contribution in [0, 0.1) is 5.92 Å². The molecule has 0 radical (unpaired) electrons. The second-order valence-corrected chi connectivity index (χ2v) is 9.78. The molecule has 0 aliphatic carbocycles. The van der Waals surface area contributed by atoms with Crippen molar-refractivity contribution < 1.29 is 4.42 Å². The Morgan fingerprint density at radius 2 is 1.85 bits per heavy atom. The van der Waals surface area contributed by atoms with Crippen LogP contribution >= 0.6 is 0 Å². The normalized spacial score (nSPS) is 15.5. The highest BCUT2D eigenvalue weighted by molar-refractivity contribution is 5.94. The fourth-order valence-corrected chi connectivity index (χ4v) is 5.15. The van der Waals surface area contributed by atoms with E-state index in [1.165, 1.54) is 30.4 Å². The molecular formula is C29H34N4O. The average molecular weight is 455 g/mol. The van der Waals surface area contributed by atoms with Crippen molar-refractivity contribution in [1.82, 2.24) is 20.1 Å². The Morgan fingerprint density at radius 1 is 1.00 bits per heavy atom. The van der Waals surface area contributed by atoms with Crippen LogP contribution in [0.2, 0.25) is 0 Å². The molecule has 2 aromatic heterocycles. The van der Waals surface area contributed by atoms with Crippen LogP contribution in [0.5, 0.6) is 0 Å². The lowest BCUT2D eigenvalue weighted by Gasteiger charge is -2.37. The number of benzene rings is 2. The number of nitrogens with zero attached hydrogens (tertiary/aromatic N) is 4. The van der Waals surface area contributed by atoms with Crippen LogP contribution in [-0.4, -0.2) is 33.2 Å². The van der Waals surface area contributed by atoms with Gasteiger partial charge in [0.25, 0.3) is 0 Å². The summed E-state index contributed by atoms with van der Waals surface area (Å²) in [7, 11) is 0. The highest BCUT2D eigenvalue weighted by atomic mass is 16.4. The maximum atomic E-state index is 6.24. The van der Waals surface area contributed by atoms with E-state index in [0.29, 0.717) is 17.7 Å². The van der Waals surface area contributed by atoms with Crippen molar-refractivity contribution in [1.29, 1.82) is 0 Å². The van der Waals surface area contributed by atoms with Gasteiger partial charge in [-0.05, 0) is 41.5 Å². The van der Waals surface area contributed by atoms with Crippen LogP contribution < -0.4 is 0 Å². The first-order valence-electron chi connectivity index (χ1n) is 12.7. The minimum atomic E-state index is 0.390. The maximum Gasteiger partial charge on any atom is 0.248 e. The first kappa shape index (κ1) is 22.7. The summed E-state index contributed by atoms with van der Waals surface area (Å²) >= 11 is 0. The Bertz CT molecular complexity index is 1210. The molecule has 1 fully saturated rings. The fraction of sp³-hybridized carbons (Fsp3) is 0.414. The van der Waals surface area contributed by atoms with Crippen LogP contribution in [0.15, 0.2) is 65.2 Å². The van der Waals surface area contributed by atoms with E-state index in [0.717, 1.165) is 54.9 Å². The Morgan fingerprint density at radius 3 is 2.65 bits per heavy atom. The molecule has 3 heterocycles. The van der Waals surface area contributed by atoms with Gasteiger partial charge in [0, 0.05) is 43.2 Å². The smallest absolute Gasteiger partial charge is 0.248 e. The number of hydrogen-bond donors (Lipinski definition) is 0. The van der Waals surface area contributed by atoms with Gasteiger partial charge in [-0.3, -0.25) is 9.88 Å². The predicted molar refractivity (Wildman–Crippen MR) is 137 cm³/mol. The fourth-order valence-electron chi connectivity index (χ4n) is 5.15. The van der Waals surface area contributed by atoms with Crippen molar-refractivity contribution >= 4 is 10.9 Å². The van der Waals surface area contributed by atoms with E-state index in [1.54, 1.807) is 0 Å². The van der Waals surface area contributed by atoms with Crippen molar-refractivity contribution in [3.8, 4) is 11.5 Å². The molecular weight excluding hydrogens is 420 g/mol. The van der Waals surface area contributed by atoms with Gasteiger partial charge >= 0.3 is 0 Å². The molecule has 0 bridgehead atoms. The summed E-state index contributed by atoms with van der Waals surface area (Å²) in [5.41, 5.74) is 4.59. The molecule has 176 valence electrons. The van der Waals surface area contributed by atoms with E-state index in [2.05, 4.69) is 77.5 Å². The summed E-state index contributed by atoms with van der Waals surface area (Å²) < 4.78 is 6.24. The molecule has 0 N–H and O–H groups in total. The first-order valence-corrected chi connectivity index (χ1v) is 12.7. The van der Waals surface area contributed by atoms with Crippen molar-refractivity contribution in [2.45, 2.75) is 58.4 Å². The van der Waals surface area contributed by atoms with E-state index < -0.39 is 0 Å². The summed E-state index contributed by atoms with van der Waals surface area (Å²) in [5.74, 6) is 2.46. The van der Waals surface area contributed by atoms with Crippen LogP contribution in [-0.2, 0) is 13.0 Å². The van der Waals surface area contributed by atoms with E-state index in [4.69, 9.17) is 9.40 Å². The Hall–Kier alpha value is -3.05. The summed E-state index contributed by atoms with van der Waals surface area (Å²) in [4.78, 5) is 7.19. The standard InChI is InChI=1S/C29H34N4O/c1-3-4-6-12-23(22-10-7-5-8-11-22)17-27-31-32-29(34-27)26-15-14-24(20-33-18-21(2)19-33)28-25(26)13-9-16-30-28/h5,7-11,13-16,21,23H,3-4,6,12,17-20H2,1-2H3. The quantitative estimate of drug-likeness (QED) is 0.251. The molecule has 5 rings (SSSR count). The largest absolute Gasteiger partial charge is 0.421 e. The predicted octanol–water partition coefficient (Wildman–Crippen LogP) is 6.64. The lowest BCUT2D eigenvalue weighted by molar-refractivity contribution is 0.105. The zero-order valence-electron chi connectivity index (χ0n) is 20.3. The Kier molecular flexibility index (Phi) is 7.00. The first-order chi connectivity index (χ1) is 16.7. The molecule has 4 aromatic rings. The van der Waals surface area contributed by atoms with Crippen LogP contribution in [0.1, 0.15) is 62.5 Å². The summed E-state index contributed by atoms with van der Waals surface area (Å²) in [6.45, 7) is 7.79. The van der Waals surface area contributed by atoms with E-state index in [1.807, 2.05) is 12.3 Å². The monoisotopic (exact) mass is 454 g/mol. The van der Waals surface area contributed by atoms with E-state index in [-0.39, 0.29) is 0 Å². The molecule has 0 amide bonds. The molecule has 1 aliphatic heterocycles. The van der Waals surface area contributed by atoms with Crippen LogP contribution in [0.4, 0.5) is 0 Å². The minimum Gasteiger partial charge on any atom is -0.421 e. The van der Waals surface area contributed by atoms with Crippen LogP contribution in [0.3, 0.4) is 0 Å². The lowest BCUT2D eigenvalue weighted by Crippen LogP contribution is -2.44. The second kappa shape index (κ2) is 10.5. The zero-order chi connectivity index (χ0) is 23.3. The third kappa shape index (κ3) is 5.05. The summed E-state index contributed by atoms with van der Waals surface area (Å²) in [6, 6.07) is 19.1. The third-order valence-electron chi connectivity index (χ3n) is 6.93. The number of hydrogen-bond acceptors (Lipinski definition) is 5. The van der Waals surface area contributed by atoms with Gasteiger partial charge in [-0.2, -0.15) is 0 Å². The van der Waals surface area contributed by atoms with Crippen molar-refractivity contribution in [2.75, 3.05) is 13.1 Å². The van der Waals surface area contributed by atoms with Crippen molar-refractivity contribution in [3.05, 3.63) is 77.8 Å². The highest BCUT2D eigenvalue weighted by Gasteiger charge is 2.24. The molecule has 1 aliphatic rings. The Labute approximate surface area is 202 Å². The van der Waals surface area contributed by atoms with E-state index in [9.17, 15) is 0 Å². The van der Waals surface area contributed by atoms with Gasteiger partial charge in [-0.1, -0.05) is 75.6 Å². The molecule has 1 unspecified atom stereocenters. The number of aromatic nitrogens is 3. The topological polar surface area (TPSA) is 55.1 Å². The Balaban J connectivity index is 1.39. The number of likely N-dealkylation sites (tertiary alicyclic amines) is 1. The SMILES string of the molecule is CCCCCC(Cc1nnc(-c2ccc(CN3CC(C)C3)c3ncccc23)o1)c1ccccc1. The van der Waals surface area contributed by atoms with Crippen molar-refractivity contribution in [3.63, 3.8) is 0 Å². The van der Waals surface area contributed by atoms with Gasteiger partial charge in [-0.25, -0.2) is 0 Å². The number of rotatable bonds is 10. The lowest BCUT2D eigenvalue weighted by atomic mass is 9.90. The molecule has 1 saturated heterocycles. The van der Waals surface area contributed by atoms with Gasteiger partial charge in [0.05, 0.1) is 5.52 Å². The maximum absolute atomic E-state index is 6.24. The number of pyridine rings is 1. The number of unbranched alkanes of at least 4 members (excludes halogenated alkanes) is 2. The third-order valence-corrected chi connectivity index (χ3v) is 6.93. The summed E-state index contributed by atoms with van der Waals surface area (Å²) in [6.07, 6.45) is 7.45. The highest BCUT2D eigenvalue weighted by Crippen LogP contribution is 2.32. The molecule has 5 heteroatoms. The van der Waals surface area contributed by atoms with Gasteiger partial charge in [0.15, 0.2) is 0 Å².